The Morgan fingerprint density at radius 3 is 2.77 bits per heavy atom. The highest BCUT2D eigenvalue weighted by molar-refractivity contribution is 7.93. The van der Waals surface area contributed by atoms with Crippen molar-refractivity contribution >= 4 is 36.7 Å². The molecule has 1 N–H and O–H groups in total. The van der Waals surface area contributed by atoms with Crippen LogP contribution < -0.4 is 9.46 Å². The molecule has 3 aromatic rings. The number of benzene rings is 1. The standard InChI is InChI=1S/C13H14N4O3S2/c1-8-12(7-14-17(8)2)22(18,19)16-13-15-10-5-4-9(20-3)6-11(10)21-13/h4-7H,1-3H3,(H,15,16). The number of thiazole rings is 1. The first-order chi connectivity index (χ1) is 10.4. The van der Waals surface area contributed by atoms with Gasteiger partial charge in [-0.3, -0.25) is 9.40 Å². The lowest BCUT2D eigenvalue weighted by atomic mass is 10.3. The molecule has 0 aliphatic rings. The van der Waals surface area contributed by atoms with Crippen LogP contribution in [0.3, 0.4) is 0 Å². The maximum atomic E-state index is 12.4. The second-order valence-corrected chi connectivity index (χ2v) is 7.36. The second-order valence-electron chi connectivity index (χ2n) is 4.68. The minimum atomic E-state index is -3.70. The molecule has 1 aromatic carbocycles. The molecule has 9 heteroatoms. The van der Waals surface area contributed by atoms with E-state index in [1.165, 1.54) is 22.2 Å². The molecule has 22 heavy (non-hydrogen) atoms. The van der Waals surface area contributed by atoms with Crippen molar-refractivity contribution in [1.82, 2.24) is 14.8 Å². The van der Waals surface area contributed by atoms with Crippen molar-refractivity contribution in [2.45, 2.75) is 11.8 Å². The van der Waals surface area contributed by atoms with Crippen LogP contribution >= 0.6 is 11.3 Å². The van der Waals surface area contributed by atoms with Gasteiger partial charge in [-0.1, -0.05) is 11.3 Å². The first kappa shape index (κ1) is 14.8. The quantitative estimate of drug-likeness (QED) is 0.788. The zero-order valence-electron chi connectivity index (χ0n) is 12.2. The fourth-order valence-corrected chi connectivity index (χ4v) is 4.32. The fourth-order valence-electron chi connectivity index (χ4n) is 1.99. The first-order valence-electron chi connectivity index (χ1n) is 6.37. The van der Waals surface area contributed by atoms with Crippen LogP contribution in [0.2, 0.25) is 0 Å². The zero-order chi connectivity index (χ0) is 15.9. The largest absolute Gasteiger partial charge is 0.497 e. The molecule has 0 bridgehead atoms. The van der Waals surface area contributed by atoms with Gasteiger partial charge < -0.3 is 4.74 Å². The lowest BCUT2D eigenvalue weighted by molar-refractivity contribution is 0.415. The Morgan fingerprint density at radius 1 is 1.36 bits per heavy atom. The molecular weight excluding hydrogens is 324 g/mol. The molecule has 0 aliphatic heterocycles. The van der Waals surface area contributed by atoms with Crippen LogP contribution in [-0.2, 0) is 17.1 Å². The van der Waals surface area contributed by atoms with Crippen molar-refractivity contribution in [2.24, 2.45) is 7.05 Å². The molecule has 0 atom stereocenters. The number of rotatable bonds is 4. The highest BCUT2D eigenvalue weighted by atomic mass is 32.2. The lowest BCUT2D eigenvalue weighted by Gasteiger charge is -2.03. The van der Waals surface area contributed by atoms with E-state index >= 15 is 0 Å². The van der Waals surface area contributed by atoms with E-state index in [9.17, 15) is 8.42 Å². The molecule has 0 spiro atoms. The van der Waals surface area contributed by atoms with E-state index in [-0.39, 0.29) is 4.90 Å². The average Bonchev–Trinajstić information content (AvgIpc) is 3.01. The summed E-state index contributed by atoms with van der Waals surface area (Å²) in [4.78, 5) is 4.43. The van der Waals surface area contributed by atoms with Crippen molar-refractivity contribution in [1.29, 1.82) is 0 Å². The van der Waals surface area contributed by atoms with E-state index in [4.69, 9.17) is 4.74 Å². The van der Waals surface area contributed by atoms with E-state index < -0.39 is 10.0 Å². The zero-order valence-corrected chi connectivity index (χ0v) is 13.8. The summed E-state index contributed by atoms with van der Waals surface area (Å²) >= 11 is 1.25. The van der Waals surface area contributed by atoms with Crippen molar-refractivity contribution in [3.05, 3.63) is 30.1 Å². The van der Waals surface area contributed by atoms with Crippen molar-refractivity contribution in [3.8, 4) is 5.75 Å². The minimum Gasteiger partial charge on any atom is -0.497 e. The highest BCUT2D eigenvalue weighted by Gasteiger charge is 2.21. The van der Waals surface area contributed by atoms with Crippen LogP contribution in [0.25, 0.3) is 10.2 Å². The molecule has 0 amide bonds. The van der Waals surface area contributed by atoms with E-state index in [0.29, 0.717) is 22.1 Å². The van der Waals surface area contributed by atoms with Crippen molar-refractivity contribution in [2.75, 3.05) is 11.8 Å². The van der Waals surface area contributed by atoms with E-state index in [1.54, 1.807) is 33.2 Å². The summed E-state index contributed by atoms with van der Waals surface area (Å²) in [5.74, 6) is 0.702. The average molecular weight is 338 g/mol. The number of aryl methyl sites for hydroxylation is 1. The number of hydrogen-bond donors (Lipinski definition) is 1. The number of nitrogens with zero attached hydrogens (tertiary/aromatic N) is 3. The van der Waals surface area contributed by atoms with Gasteiger partial charge >= 0.3 is 0 Å². The monoisotopic (exact) mass is 338 g/mol. The minimum absolute atomic E-state index is 0.145. The molecule has 7 nitrogen and oxygen atoms in total. The van der Waals surface area contributed by atoms with Crippen molar-refractivity contribution in [3.63, 3.8) is 0 Å². The Morgan fingerprint density at radius 2 is 2.14 bits per heavy atom. The van der Waals surface area contributed by atoms with Gasteiger partial charge in [-0.25, -0.2) is 13.4 Å². The molecule has 0 aliphatic carbocycles. The number of anilines is 1. The second kappa shape index (κ2) is 5.25. The predicted octanol–water partition coefficient (Wildman–Crippen LogP) is 2.15. The molecule has 0 saturated heterocycles. The van der Waals surface area contributed by atoms with Crippen LogP contribution in [0.4, 0.5) is 5.13 Å². The lowest BCUT2D eigenvalue weighted by Crippen LogP contribution is -2.13. The highest BCUT2D eigenvalue weighted by Crippen LogP contribution is 2.30. The third-order valence-electron chi connectivity index (χ3n) is 3.30. The summed E-state index contributed by atoms with van der Waals surface area (Å²) in [6.45, 7) is 1.70. The van der Waals surface area contributed by atoms with Crippen molar-refractivity contribution < 1.29 is 13.2 Å². The van der Waals surface area contributed by atoms with Gasteiger partial charge in [-0.05, 0) is 25.1 Å². The van der Waals surface area contributed by atoms with Crippen LogP contribution in [0.1, 0.15) is 5.69 Å². The molecular formula is C13H14N4O3S2. The predicted molar refractivity (Wildman–Crippen MR) is 84.9 cm³/mol. The van der Waals surface area contributed by atoms with Gasteiger partial charge in [0.25, 0.3) is 10.0 Å². The van der Waals surface area contributed by atoms with Crippen LogP contribution in [0.5, 0.6) is 5.75 Å². The number of nitrogens with one attached hydrogen (secondary N) is 1. The molecule has 3 rings (SSSR count). The van der Waals surface area contributed by atoms with Gasteiger partial charge in [0.2, 0.25) is 0 Å². The van der Waals surface area contributed by atoms with E-state index in [1.807, 2.05) is 6.07 Å². The fraction of sp³-hybridized carbons (Fsp3) is 0.231. The summed E-state index contributed by atoms with van der Waals surface area (Å²) in [7, 11) is -0.430. The van der Waals surface area contributed by atoms with Crippen LogP contribution in [0.15, 0.2) is 29.3 Å². The summed E-state index contributed by atoms with van der Waals surface area (Å²) < 4.78 is 34.8. The van der Waals surface area contributed by atoms with Crippen LogP contribution in [-0.4, -0.2) is 30.3 Å². The Bertz CT molecular complexity index is 944. The number of fused-ring (bicyclic) bond motifs is 1. The third-order valence-corrected chi connectivity index (χ3v) is 5.80. The van der Waals surface area contributed by atoms with Gasteiger partial charge in [0.1, 0.15) is 10.6 Å². The summed E-state index contributed by atoms with van der Waals surface area (Å²) in [6.07, 6.45) is 1.33. The molecule has 116 valence electrons. The third kappa shape index (κ3) is 2.53. The van der Waals surface area contributed by atoms with Gasteiger partial charge in [-0.15, -0.1) is 0 Å². The van der Waals surface area contributed by atoms with Gasteiger partial charge in [0.05, 0.1) is 29.2 Å². The van der Waals surface area contributed by atoms with Gasteiger partial charge in [0.15, 0.2) is 5.13 Å². The topological polar surface area (TPSA) is 86.1 Å². The number of hydrogen-bond acceptors (Lipinski definition) is 6. The number of ether oxygens (including phenoxy) is 1. The number of sulfonamides is 1. The Hall–Kier alpha value is -2.13. The van der Waals surface area contributed by atoms with Gasteiger partial charge in [0, 0.05) is 7.05 Å². The molecule has 0 saturated carbocycles. The Balaban J connectivity index is 1.97. The SMILES string of the molecule is COc1ccc2nc(NS(=O)(=O)c3cnn(C)c3C)sc2c1. The summed E-state index contributed by atoms with van der Waals surface area (Å²) in [5, 5.41) is 4.27. The Labute approximate surface area is 131 Å². The number of aromatic nitrogens is 3. The Kier molecular flexibility index (Phi) is 3.53. The molecule has 0 unspecified atom stereocenters. The normalized spacial score (nSPS) is 11.8. The summed E-state index contributed by atoms with van der Waals surface area (Å²) in [6, 6.07) is 5.39. The van der Waals surface area contributed by atoms with Gasteiger partial charge in [-0.2, -0.15) is 5.10 Å². The maximum absolute atomic E-state index is 12.4. The number of methoxy groups -OCH3 is 1. The van der Waals surface area contributed by atoms with E-state index in [2.05, 4.69) is 14.8 Å². The molecule has 0 fully saturated rings. The molecule has 0 radical (unpaired) electrons. The molecule has 2 aromatic heterocycles. The molecule has 2 heterocycles. The van der Waals surface area contributed by atoms with E-state index in [0.717, 1.165) is 4.70 Å². The maximum Gasteiger partial charge on any atom is 0.267 e. The summed E-state index contributed by atoms with van der Waals surface area (Å²) in [5.41, 5.74) is 1.28. The smallest absolute Gasteiger partial charge is 0.267 e. The van der Waals surface area contributed by atoms with Crippen LogP contribution in [0, 0.1) is 6.92 Å². The first-order valence-corrected chi connectivity index (χ1v) is 8.66.